The average Bonchev–Trinajstić information content (AvgIpc) is 1.88. The molecule has 0 aromatic carbocycles. The summed E-state index contributed by atoms with van der Waals surface area (Å²) in [5, 5.41) is 9.20. The van der Waals surface area contributed by atoms with Gasteiger partial charge in [0.25, 0.3) is 0 Å². The van der Waals surface area contributed by atoms with E-state index in [2.05, 4.69) is 0 Å². The molecule has 0 fully saturated rings. The van der Waals surface area contributed by atoms with E-state index in [1.54, 1.807) is 0 Å². The predicted octanol–water partition coefficient (Wildman–Crippen LogP) is 2.04. The predicted molar refractivity (Wildman–Crippen MR) is 48.8 cm³/mol. The molecule has 0 radical (unpaired) electrons. The minimum Gasteiger partial charge on any atom is -0.547 e. The maximum absolute atomic E-state index is 11.2. The van der Waals surface area contributed by atoms with Crippen LogP contribution in [0.15, 0.2) is 0 Å². The highest BCUT2D eigenvalue weighted by molar-refractivity contribution is 5.69. The van der Waals surface area contributed by atoms with Gasteiger partial charge in [0.1, 0.15) is 6.67 Å². The third-order valence-corrected chi connectivity index (χ3v) is 0.391. The molecule has 0 spiro atoms. The molecule has 0 saturated carbocycles. The van der Waals surface area contributed by atoms with Crippen LogP contribution >= 0.6 is 0 Å². The number of aliphatic carboxylic acids is 1. The van der Waals surface area contributed by atoms with Gasteiger partial charge in [-0.3, -0.25) is 4.39 Å². The molecule has 2 nitrogen and oxygen atoms in total. The van der Waals surface area contributed by atoms with E-state index in [-0.39, 0.29) is 30.4 Å². The van der Waals surface area contributed by atoms with E-state index >= 15 is 0 Å². The lowest BCUT2D eigenvalue weighted by molar-refractivity contribution is -0.312. The van der Waals surface area contributed by atoms with Crippen LogP contribution < -0.4 is 5.11 Å². The van der Waals surface area contributed by atoms with Crippen molar-refractivity contribution in [1.82, 2.24) is 0 Å². The van der Waals surface area contributed by atoms with Crippen molar-refractivity contribution in [2.45, 2.75) is 35.4 Å². The lowest BCUT2D eigenvalue weighted by atomic mass is 10.4. The number of alkyl halides is 3. The zero-order valence-corrected chi connectivity index (χ0v) is 5.44. The van der Waals surface area contributed by atoms with Crippen LogP contribution in [0.3, 0.4) is 0 Å². The fourth-order valence-electron chi connectivity index (χ4n) is 0.0630. The quantitative estimate of drug-likeness (QED) is 0.693. The first-order valence-corrected chi connectivity index (χ1v) is 2.57. The van der Waals surface area contributed by atoms with E-state index in [1.165, 1.54) is 6.92 Å². The van der Waals surface area contributed by atoms with Gasteiger partial charge in [-0.25, -0.2) is 8.78 Å². The topological polar surface area (TPSA) is 40.1 Å². The van der Waals surface area contributed by atoms with Crippen molar-refractivity contribution in [1.29, 1.82) is 0 Å². The van der Waals surface area contributed by atoms with Crippen LogP contribution in [0.4, 0.5) is 13.2 Å². The molecule has 0 aliphatic heterocycles. The normalized spacial score (nSPS) is 8.62. The van der Waals surface area contributed by atoms with Gasteiger partial charge in [-0.1, -0.05) is 22.3 Å². The molecule has 86 valence electrons. The number of carbonyl (C=O) groups is 1. The number of halogens is 3. The molecule has 0 saturated heterocycles. The monoisotopic (exact) mass is 206 g/mol. The molecule has 0 heterocycles. The Balaban J connectivity index is -0.0000000208. The summed E-state index contributed by atoms with van der Waals surface area (Å²) in [6.07, 6.45) is -2.46. The van der Waals surface area contributed by atoms with E-state index < -0.39 is 18.8 Å². The molecule has 0 rings (SSSR count). The first-order chi connectivity index (χ1) is 4.59. The number of hydrogen-bond donors (Lipinski definition) is 0. The van der Waals surface area contributed by atoms with Crippen molar-refractivity contribution in [3.8, 4) is 0 Å². The van der Waals surface area contributed by atoms with Crippen LogP contribution in [0.5, 0.6) is 0 Å². The van der Waals surface area contributed by atoms with Crippen LogP contribution in [0, 0.1) is 0 Å². The first kappa shape index (κ1) is 29.5. The van der Waals surface area contributed by atoms with Crippen molar-refractivity contribution in [3.05, 3.63) is 0 Å². The summed E-state index contributed by atoms with van der Waals surface area (Å²) in [4.78, 5) is 9.20. The second-order valence-corrected chi connectivity index (χ2v) is 1.21. The van der Waals surface area contributed by atoms with Crippen molar-refractivity contribution < 1.29 is 24.5 Å². The lowest BCUT2D eigenvalue weighted by Gasteiger charge is -2.00. The summed E-state index contributed by atoms with van der Waals surface area (Å²) in [7, 11) is 0. The Labute approximate surface area is 80.3 Å². The number of carboxylic acid groups (broad SMARTS) is 1. The van der Waals surface area contributed by atoms with Gasteiger partial charge in [0.15, 0.2) is 6.17 Å². The first-order valence-electron chi connectivity index (χ1n) is 2.57. The number of hydrogen-bond acceptors (Lipinski definition) is 2. The highest BCUT2D eigenvalue weighted by atomic mass is 19.2. The van der Waals surface area contributed by atoms with Gasteiger partial charge in [-0.05, 0) is 6.92 Å². The third-order valence-electron chi connectivity index (χ3n) is 0.391. The van der Waals surface area contributed by atoms with Crippen LogP contribution in [0.25, 0.3) is 0 Å². The Bertz CT molecular complexity index is 94.7. The van der Waals surface area contributed by atoms with Crippen LogP contribution in [-0.2, 0) is 4.79 Å². The van der Waals surface area contributed by atoms with E-state index in [0.29, 0.717) is 0 Å². The van der Waals surface area contributed by atoms with E-state index in [0.717, 1.165) is 0 Å². The molecule has 0 aromatic rings. The number of carbonyl (C=O) groups excluding carboxylic acids is 1. The highest BCUT2D eigenvalue weighted by Gasteiger charge is 2.03. The number of rotatable bonds is 2. The molecule has 0 aliphatic rings. The average molecular weight is 206 g/mol. The van der Waals surface area contributed by atoms with Gasteiger partial charge in [0, 0.05) is 0 Å². The summed E-state index contributed by atoms with van der Waals surface area (Å²) in [5.74, 6) is -2.00. The zero-order valence-electron chi connectivity index (χ0n) is 6.44. The Hall–Kier alpha value is -0.740. The van der Waals surface area contributed by atoms with Crippen molar-refractivity contribution in [2.75, 3.05) is 13.3 Å². The molecule has 1 atom stereocenters. The van der Waals surface area contributed by atoms with Gasteiger partial charge in [0.05, 0.1) is 12.6 Å². The highest BCUT2D eigenvalue weighted by Crippen LogP contribution is 1.86. The molecule has 0 aromatic heterocycles. The second kappa shape index (κ2) is 22.5. The molecule has 0 bridgehead atoms. The van der Waals surface area contributed by atoms with Crippen LogP contribution in [-0.4, -0.2) is 25.5 Å². The van der Waals surface area contributed by atoms with E-state index in [9.17, 15) is 23.1 Å². The maximum Gasteiger partial charge on any atom is 1.00 e. The fourth-order valence-corrected chi connectivity index (χ4v) is 0.0630. The largest absolute Gasteiger partial charge is 1.00 e. The van der Waals surface area contributed by atoms with Crippen molar-refractivity contribution in [3.63, 3.8) is 0 Å². The van der Waals surface area contributed by atoms with E-state index in [1.807, 2.05) is 0 Å². The summed E-state index contributed by atoms with van der Waals surface area (Å²) in [5.41, 5.74) is 0. The second-order valence-electron chi connectivity index (χ2n) is 1.21. The van der Waals surface area contributed by atoms with E-state index in [4.69, 9.17) is 0 Å². The molecule has 0 amide bonds. The summed E-state index contributed by atoms with van der Waals surface area (Å²) >= 11 is 0. The lowest BCUT2D eigenvalue weighted by Crippen LogP contribution is -2.33. The smallest absolute Gasteiger partial charge is 0.547 e. The van der Waals surface area contributed by atoms with Gasteiger partial charge in [0.2, 0.25) is 0 Å². The van der Waals surface area contributed by atoms with Gasteiger partial charge < -0.3 is 9.90 Å². The van der Waals surface area contributed by atoms with Crippen molar-refractivity contribution in [2.24, 2.45) is 0 Å². The molecule has 5 heteroatoms. The Morgan fingerprint density at radius 3 is 1.62 bits per heavy atom. The summed E-state index contributed by atoms with van der Waals surface area (Å²) in [6.45, 7) is -0.303. The maximum atomic E-state index is 11.2. The van der Waals surface area contributed by atoms with Crippen LogP contribution in [0.2, 0.25) is 0 Å². The molecular weight excluding hydrogens is 185 g/mol. The van der Waals surface area contributed by atoms with Crippen molar-refractivity contribution >= 4 is 5.97 Å². The van der Waals surface area contributed by atoms with Gasteiger partial charge >= 0.3 is 1.43 Å². The molecule has 0 aliphatic carbocycles. The number of carboxylic acids is 1. The molecular formula is C8H21F3O2. The fraction of sp³-hybridized carbons (Fsp3) is 0.875. The standard InChI is InChI=1S/C3H4F2O2.C2H5F.3CH4/c4-1-2(5)3(6)7;1-2-3;;;/h2H,1H2,(H,6,7);2H2,1H3;3*1H4. The Kier molecular flexibility index (Phi) is 51.0. The minimum absolute atomic E-state index is 0. The van der Waals surface area contributed by atoms with Crippen LogP contribution in [0.1, 0.15) is 30.6 Å². The molecule has 0 N–H and O–H groups in total. The molecule has 1 unspecified atom stereocenters. The molecule has 13 heavy (non-hydrogen) atoms. The van der Waals surface area contributed by atoms with Gasteiger partial charge in [-0.15, -0.1) is 0 Å². The Morgan fingerprint density at radius 2 is 1.62 bits per heavy atom. The minimum atomic E-state index is -2.46. The third kappa shape index (κ3) is 34.9. The summed E-state index contributed by atoms with van der Waals surface area (Å²) < 4.78 is 32.4. The SMILES string of the molecule is C.C.C.CCF.O=C([O-])C(F)CF.[H+]. The Morgan fingerprint density at radius 1 is 1.38 bits per heavy atom. The van der Waals surface area contributed by atoms with Gasteiger partial charge in [-0.2, -0.15) is 0 Å². The zero-order chi connectivity index (χ0) is 8.57. The summed E-state index contributed by atoms with van der Waals surface area (Å²) in [6, 6.07) is 0.